The molecule has 6 rings (SSSR count). The molecule has 33 heavy (non-hydrogen) atoms. The summed E-state index contributed by atoms with van der Waals surface area (Å²) in [5, 5.41) is 29.0. The third-order valence-electron chi connectivity index (χ3n) is 5.14. The molecule has 4 heterocycles. The molecule has 0 amide bonds. The summed E-state index contributed by atoms with van der Waals surface area (Å²) in [5.41, 5.74) is 2.85. The Labute approximate surface area is 202 Å². The van der Waals surface area contributed by atoms with Crippen LogP contribution in [0.5, 0.6) is 5.75 Å². The molecule has 0 saturated carbocycles. The van der Waals surface area contributed by atoms with Crippen molar-refractivity contribution in [2.24, 2.45) is 0 Å². The Hall–Kier alpha value is -3.30. The van der Waals surface area contributed by atoms with E-state index in [4.69, 9.17) is 16.7 Å². The van der Waals surface area contributed by atoms with Gasteiger partial charge in [0, 0.05) is 0 Å². The van der Waals surface area contributed by atoms with E-state index >= 15 is 0 Å². The second kappa shape index (κ2) is 7.93. The van der Waals surface area contributed by atoms with Gasteiger partial charge in [-0.15, -0.1) is 0 Å². The molecule has 8 nitrogen and oxygen atoms in total. The van der Waals surface area contributed by atoms with Crippen molar-refractivity contribution in [3.8, 4) is 26.6 Å². The van der Waals surface area contributed by atoms with Crippen LogP contribution in [0.3, 0.4) is 0 Å². The van der Waals surface area contributed by atoms with Gasteiger partial charge in [-0.25, -0.2) is 0 Å². The molecule has 0 saturated heterocycles. The van der Waals surface area contributed by atoms with Crippen LogP contribution in [0.15, 0.2) is 54.9 Å². The summed E-state index contributed by atoms with van der Waals surface area (Å²) in [7, 11) is 0. The number of hydrogen-bond donors (Lipinski definition) is 2. The van der Waals surface area contributed by atoms with Crippen LogP contribution in [0.2, 0.25) is 5.02 Å². The molecular weight excluding hydrogens is 525 g/mol. The molecule has 2 N–H and O–H groups in total. The number of nitrogens with one attached hydrogen (secondary N) is 1. The van der Waals surface area contributed by atoms with Gasteiger partial charge >= 0.3 is 203 Å². The Balaban J connectivity index is 1.43. The number of rotatable bonds is 4. The first-order chi connectivity index (χ1) is 16.1. The molecule has 11 heteroatoms. The van der Waals surface area contributed by atoms with E-state index in [1.807, 2.05) is 24.3 Å². The number of aromatic hydroxyl groups is 1. The third-order valence-corrected chi connectivity index (χ3v) is 9.14. The molecule has 0 fully saturated rings. The van der Waals surface area contributed by atoms with Crippen molar-refractivity contribution < 1.29 is 5.11 Å². The van der Waals surface area contributed by atoms with Gasteiger partial charge < -0.3 is 0 Å². The Morgan fingerprint density at radius 1 is 1.03 bits per heavy atom. The van der Waals surface area contributed by atoms with Crippen LogP contribution < -0.4 is 5.32 Å². The number of aromatic nitrogens is 6. The average Bonchev–Trinajstić information content (AvgIpc) is 3.49. The number of fused-ring (bicyclic) bond motifs is 2. The molecule has 0 aliphatic rings. The summed E-state index contributed by atoms with van der Waals surface area (Å²) < 4.78 is 3.93. The van der Waals surface area contributed by atoms with Gasteiger partial charge in [0.05, 0.1) is 0 Å². The van der Waals surface area contributed by atoms with E-state index in [1.54, 1.807) is 35.1 Å². The summed E-state index contributed by atoms with van der Waals surface area (Å²) in [6, 6.07) is 14.4. The van der Waals surface area contributed by atoms with E-state index in [-0.39, 0.29) is 20.3 Å². The topological polar surface area (TPSA) is 101 Å². The molecule has 4 aromatic heterocycles. The Kier molecular flexibility index (Phi) is 4.88. The maximum atomic E-state index is 9.58. The number of hydrogen-bond acceptors (Lipinski definition) is 8. The predicted molar refractivity (Wildman–Crippen MR) is 131 cm³/mol. The van der Waals surface area contributed by atoms with Gasteiger partial charge in [0.15, 0.2) is 0 Å². The van der Waals surface area contributed by atoms with E-state index in [2.05, 4.69) is 32.4 Å². The Morgan fingerprint density at radius 2 is 1.82 bits per heavy atom. The van der Waals surface area contributed by atoms with Crippen molar-refractivity contribution in [1.29, 1.82) is 0 Å². The molecule has 0 atom stereocenters. The minimum atomic E-state index is -0.0131. The quantitative estimate of drug-likeness (QED) is 0.307. The SMILES string of the molecule is Cc1c(-c2nn3c(-c4ccc(O)cc4)nnc3s2)[se]c2ncnc(Nc3ccc(Cl)cc3)c12. The third kappa shape index (κ3) is 3.57. The number of anilines is 2. The maximum absolute atomic E-state index is 9.58. The van der Waals surface area contributed by atoms with Crippen LogP contribution in [-0.4, -0.2) is 49.4 Å². The molecule has 2 aromatic carbocycles. The van der Waals surface area contributed by atoms with Crippen molar-refractivity contribution in [1.82, 2.24) is 29.8 Å². The summed E-state index contributed by atoms with van der Waals surface area (Å²) in [5.74, 6) is 1.61. The molecule has 0 aliphatic carbocycles. The molecule has 0 unspecified atom stereocenters. The van der Waals surface area contributed by atoms with E-state index in [0.29, 0.717) is 15.8 Å². The average molecular weight is 539 g/mol. The zero-order chi connectivity index (χ0) is 22.5. The van der Waals surface area contributed by atoms with Crippen molar-refractivity contribution in [3.05, 3.63) is 65.4 Å². The molecule has 0 bridgehead atoms. The van der Waals surface area contributed by atoms with Crippen LogP contribution in [0.1, 0.15) is 5.56 Å². The fraction of sp³-hybridized carbons (Fsp3) is 0.0455. The fourth-order valence-corrected chi connectivity index (χ4v) is 7.14. The Bertz CT molecular complexity index is 1620. The van der Waals surface area contributed by atoms with Crippen molar-refractivity contribution in [2.75, 3.05) is 5.32 Å². The van der Waals surface area contributed by atoms with Crippen LogP contribution >= 0.6 is 22.9 Å². The second-order valence-electron chi connectivity index (χ2n) is 7.26. The predicted octanol–water partition coefficient (Wildman–Crippen LogP) is 4.93. The first kappa shape index (κ1) is 20.3. The number of phenols is 1. The standard InChI is InChI=1S/C22H14ClN7OSSe/c1-11-16-18(26-14-6-4-13(23)5-7-14)24-10-25-21(16)33-17(11)20-29-30-19(27-28-22(30)32-20)12-2-8-15(31)9-3-12/h2-10,31H,1H3,(H,24,25,26). The fourth-order valence-electron chi connectivity index (χ4n) is 3.54. The van der Waals surface area contributed by atoms with Gasteiger partial charge in [-0.3, -0.25) is 0 Å². The summed E-state index contributed by atoms with van der Waals surface area (Å²) in [6.45, 7) is 2.09. The van der Waals surface area contributed by atoms with Gasteiger partial charge in [0.2, 0.25) is 0 Å². The van der Waals surface area contributed by atoms with Crippen molar-refractivity contribution >= 4 is 63.7 Å². The number of benzene rings is 2. The van der Waals surface area contributed by atoms with E-state index < -0.39 is 0 Å². The van der Waals surface area contributed by atoms with E-state index in [1.165, 1.54) is 11.3 Å². The van der Waals surface area contributed by atoms with Crippen LogP contribution in [-0.2, 0) is 0 Å². The Morgan fingerprint density at radius 3 is 2.61 bits per heavy atom. The van der Waals surface area contributed by atoms with E-state index in [0.717, 1.165) is 41.9 Å². The summed E-state index contributed by atoms with van der Waals surface area (Å²) in [4.78, 5) is 9.76. The zero-order valence-corrected chi connectivity index (χ0v) is 20.3. The van der Waals surface area contributed by atoms with Crippen molar-refractivity contribution in [3.63, 3.8) is 0 Å². The summed E-state index contributed by atoms with van der Waals surface area (Å²) in [6.07, 6.45) is 1.59. The number of phenolic OH excluding ortho intramolecular Hbond substituents is 1. The van der Waals surface area contributed by atoms with Crippen LogP contribution in [0, 0.1) is 6.92 Å². The normalized spacial score (nSPS) is 11.5. The molecule has 162 valence electrons. The molecule has 0 spiro atoms. The number of nitrogens with zero attached hydrogens (tertiary/aromatic N) is 6. The van der Waals surface area contributed by atoms with E-state index in [9.17, 15) is 5.11 Å². The number of aryl methyl sites for hydroxylation is 1. The van der Waals surface area contributed by atoms with Crippen molar-refractivity contribution in [2.45, 2.75) is 6.92 Å². The summed E-state index contributed by atoms with van der Waals surface area (Å²) >= 11 is 7.50. The van der Waals surface area contributed by atoms with Gasteiger partial charge in [-0.05, 0) is 0 Å². The molecule has 0 aliphatic heterocycles. The first-order valence-electron chi connectivity index (χ1n) is 9.85. The molecular formula is C22H14ClN7OSSe. The van der Waals surface area contributed by atoms with Crippen LogP contribution in [0.25, 0.3) is 35.6 Å². The van der Waals surface area contributed by atoms with Gasteiger partial charge in [0.25, 0.3) is 0 Å². The van der Waals surface area contributed by atoms with Gasteiger partial charge in [-0.1, -0.05) is 0 Å². The molecule has 6 aromatic rings. The second-order valence-corrected chi connectivity index (χ2v) is 10.8. The number of halogens is 1. The molecule has 0 radical (unpaired) electrons. The monoisotopic (exact) mass is 539 g/mol. The first-order valence-corrected chi connectivity index (χ1v) is 12.8. The minimum absolute atomic E-state index is 0.0131. The van der Waals surface area contributed by atoms with Gasteiger partial charge in [-0.2, -0.15) is 0 Å². The van der Waals surface area contributed by atoms with Gasteiger partial charge in [0.1, 0.15) is 0 Å². The van der Waals surface area contributed by atoms with Crippen LogP contribution in [0.4, 0.5) is 11.5 Å². The zero-order valence-electron chi connectivity index (χ0n) is 17.0.